The monoisotopic (exact) mass is 205 g/mol. The summed E-state index contributed by atoms with van der Waals surface area (Å²) in [4.78, 5) is 3.13. The molecule has 0 aliphatic carbocycles. The van der Waals surface area contributed by atoms with Crippen LogP contribution >= 0.6 is 0 Å². The SMILES string of the molecule is N#CC[C@H](N)c1nc(C(F)(F)F)n[nH]1. The van der Waals surface area contributed by atoms with Crippen molar-refractivity contribution in [1.82, 2.24) is 15.2 Å². The molecule has 0 bridgehead atoms. The zero-order valence-electron chi connectivity index (χ0n) is 6.84. The van der Waals surface area contributed by atoms with Crippen LogP contribution in [0, 0.1) is 11.3 Å². The molecule has 0 unspecified atom stereocenters. The number of hydrogen-bond donors (Lipinski definition) is 2. The molecule has 1 aromatic heterocycles. The molecular weight excluding hydrogens is 199 g/mol. The third-order valence-corrected chi connectivity index (χ3v) is 1.42. The minimum Gasteiger partial charge on any atom is -0.320 e. The molecule has 3 N–H and O–H groups in total. The average molecular weight is 205 g/mol. The molecule has 1 atom stereocenters. The fourth-order valence-electron chi connectivity index (χ4n) is 0.762. The Bertz CT molecular complexity index is 349. The average Bonchev–Trinajstić information content (AvgIpc) is 2.51. The molecular formula is C6H6F3N5. The van der Waals surface area contributed by atoms with Gasteiger partial charge >= 0.3 is 6.18 Å². The van der Waals surface area contributed by atoms with E-state index in [0.717, 1.165) is 0 Å². The Morgan fingerprint density at radius 2 is 2.21 bits per heavy atom. The molecule has 0 aromatic carbocycles. The van der Waals surface area contributed by atoms with Crippen molar-refractivity contribution in [3.63, 3.8) is 0 Å². The van der Waals surface area contributed by atoms with Gasteiger partial charge in [0.15, 0.2) is 0 Å². The fraction of sp³-hybridized carbons (Fsp3) is 0.500. The molecule has 0 radical (unpaired) electrons. The van der Waals surface area contributed by atoms with E-state index in [9.17, 15) is 13.2 Å². The van der Waals surface area contributed by atoms with E-state index in [1.165, 1.54) is 0 Å². The Kier molecular flexibility index (Phi) is 2.71. The van der Waals surface area contributed by atoms with E-state index in [0.29, 0.717) is 0 Å². The maximum absolute atomic E-state index is 12.0. The van der Waals surface area contributed by atoms with Gasteiger partial charge in [0.2, 0.25) is 0 Å². The second kappa shape index (κ2) is 3.63. The Morgan fingerprint density at radius 1 is 1.57 bits per heavy atom. The van der Waals surface area contributed by atoms with Gasteiger partial charge in [-0.3, -0.25) is 5.10 Å². The van der Waals surface area contributed by atoms with Crippen LogP contribution in [0.2, 0.25) is 0 Å². The summed E-state index contributed by atoms with van der Waals surface area (Å²) in [6.45, 7) is 0. The first-order valence-electron chi connectivity index (χ1n) is 3.57. The van der Waals surface area contributed by atoms with E-state index in [4.69, 9.17) is 11.0 Å². The highest BCUT2D eigenvalue weighted by Crippen LogP contribution is 2.26. The summed E-state index contributed by atoms with van der Waals surface area (Å²) >= 11 is 0. The van der Waals surface area contributed by atoms with Crippen molar-refractivity contribution >= 4 is 0 Å². The number of nitrogens with one attached hydrogen (secondary N) is 1. The summed E-state index contributed by atoms with van der Waals surface area (Å²) in [5.41, 5.74) is 5.34. The van der Waals surface area contributed by atoms with Crippen LogP contribution in [0.4, 0.5) is 13.2 Å². The molecule has 0 amide bonds. The van der Waals surface area contributed by atoms with Crippen LogP contribution in [0.5, 0.6) is 0 Å². The second-order valence-corrected chi connectivity index (χ2v) is 2.51. The summed E-state index contributed by atoms with van der Waals surface area (Å²) in [6.07, 6.45) is -4.71. The van der Waals surface area contributed by atoms with E-state index >= 15 is 0 Å². The summed E-state index contributed by atoms with van der Waals surface area (Å²) in [6, 6.07) is 0.848. The lowest BCUT2D eigenvalue weighted by atomic mass is 10.2. The van der Waals surface area contributed by atoms with Crippen LogP contribution in [0.3, 0.4) is 0 Å². The minimum atomic E-state index is -4.60. The van der Waals surface area contributed by atoms with Crippen molar-refractivity contribution < 1.29 is 13.2 Å². The predicted molar refractivity (Wildman–Crippen MR) is 38.5 cm³/mol. The molecule has 0 fully saturated rings. The highest BCUT2D eigenvalue weighted by atomic mass is 19.4. The summed E-state index contributed by atoms with van der Waals surface area (Å²) in [5, 5.41) is 13.2. The molecule has 0 aliphatic heterocycles. The number of nitriles is 1. The summed E-state index contributed by atoms with van der Waals surface area (Å²) < 4.78 is 36.0. The molecule has 5 nitrogen and oxygen atoms in total. The van der Waals surface area contributed by atoms with Gasteiger partial charge in [0.25, 0.3) is 5.82 Å². The zero-order valence-corrected chi connectivity index (χ0v) is 6.84. The Balaban J connectivity index is 2.84. The predicted octanol–water partition coefficient (Wildman–Crippen LogP) is 0.737. The van der Waals surface area contributed by atoms with Crippen molar-refractivity contribution in [1.29, 1.82) is 5.26 Å². The standard InChI is InChI=1S/C6H6F3N5/c7-6(8,9)5-12-4(13-14-5)3(11)1-2-10/h3H,1,11H2,(H,12,13,14)/t3-/m0/s1. The van der Waals surface area contributed by atoms with Crippen molar-refractivity contribution in [3.05, 3.63) is 11.6 Å². The highest BCUT2D eigenvalue weighted by molar-refractivity contribution is 5.00. The van der Waals surface area contributed by atoms with Crippen molar-refractivity contribution in [2.45, 2.75) is 18.6 Å². The van der Waals surface area contributed by atoms with Crippen LogP contribution in [-0.2, 0) is 6.18 Å². The molecule has 76 valence electrons. The van der Waals surface area contributed by atoms with E-state index in [-0.39, 0.29) is 12.2 Å². The third-order valence-electron chi connectivity index (χ3n) is 1.42. The van der Waals surface area contributed by atoms with Gasteiger partial charge in [0, 0.05) is 0 Å². The molecule has 8 heteroatoms. The van der Waals surface area contributed by atoms with Gasteiger partial charge in [-0.2, -0.15) is 18.4 Å². The van der Waals surface area contributed by atoms with Gasteiger partial charge in [0.1, 0.15) is 5.82 Å². The van der Waals surface area contributed by atoms with Crippen LogP contribution in [-0.4, -0.2) is 15.2 Å². The molecule has 0 aliphatic rings. The van der Waals surface area contributed by atoms with E-state index in [1.807, 2.05) is 5.10 Å². The molecule has 14 heavy (non-hydrogen) atoms. The Labute approximate surface area is 76.7 Å². The van der Waals surface area contributed by atoms with Gasteiger partial charge in [0.05, 0.1) is 18.5 Å². The van der Waals surface area contributed by atoms with Gasteiger partial charge in [-0.05, 0) is 0 Å². The zero-order chi connectivity index (χ0) is 10.8. The third kappa shape index (κ3) is 2.20. The smallest absolute Gasteiger partial charge is 0.320 e. The number of aromatic nitrogens is 3. The van der Waals surface area contributed by atoms with E-state index in [1.54, 1.807) is 6.07 Å². The molecule has 1 heterocycles. The number of alkyl halides is 3. The largest absolute Gasteiger partial charge is 0.453 e. The van der Waals surface area contributed by atoms with Crippen molar-refractivity contribution in [3.8, 4) is 6.07 Å². The maximum Gasteiger partial charge on any atom is 0.453 e. The maximum atomic E-state index is 12.0. The number of nitrogens with zero attached hydrogens (tertiary/aromatic N) is 3. The van der Waals surface area contributed by atoms with Crippen LogP contribution in [0.15, 0.2) is 0 Å². The normalized spacial score (nSPS) is 13.6. The van der Waals surface area contributed by atoms with Crippen LogP contribution in [0.1, 0.15) is 24.1 Å². The van der Waals surface area contributed by atoms with Crippen molar-refractivity contribution in [2.75, 3.05) is 0 Å². The first-order chi connectivity index (χ1) is 6.45. The van der Waals surface area contributed by atoms with Gasteiger partial charge in [-0.15, -0.1) is 5.10 Å². The lowest BCUT2D eigenvalue weighted by Gasteiger charge is -2.01. The molecule has 1 rings (SSSR count). The van der Waals surface area contributed by atoms with Crippen molar-refractivity contribution in [2.24, 2.45) is 5.73 Å². The molecule has 0 spiro atoms. The van der Waals surface area contributed by atoms with E-state index in [2.05, 4.69) is 10.1 Å². The van der Waals surface area contributed by atoms with Gasteiger partial charge < -0.3 is 5.73 Å². The highest BCUT2D eigenvalue weighted by Gasteiger charge is 2.36. The first-order valence-corrected chi connectivity index (χ1v) is 3.57. The Morgan fingerprint density at radius 3 is 2.64 bits per heavy atom. The first kappa shape index (κ1) is 10.5. The molecule has 1 aromatic rings. The number of hydrogen-bond acceptors (Lipinski definition) is 4. The summed E-state index contributed by atoms with van der Waals surface area (Å²) in [5.74, 6) is -1.42. The number of H-pyrrole nitrogens is 1. The number of aromatic amines is 1. The number of nitrogens with two attached hydrogens (primary N) is 1. The van der Waals surface area contributed by atoms with Gasteiger partial charge in [-0.25, -0.2) is 4.98 Å². The Hall–Kier alpha value is -1.62. The van der Waals surface area contributed by atoms with Crippen LogP contribution < -0.4 is 5.73 Å². The molecule has 0 saturated heterocycles. The number of rotatable bonds is 2. The van der Waals surface area contributed by atoms with E-state index < -0.39 is 18.0 Å². The quantitative estimate of drug-likeness (QED) is 0.744. The van der Waals surface area contributed by atoms with Gasteiger partial charge in [-0.1, -0.05) is 0 Å². The second-order valence-electron chi connectivity index (χ2n) is 2.51. The summed E-state index contributed by atoms with van der Waals surface area (Å²) in [7, 11) is 0. The molecule has 0 saturated carbocycles. The van der Waals surface area contributed by atoms with Crippen LogP contribution in [0.25, 0.3) is 0 Å². The number of halogens is 3. The fourth-order valence-corrected chi connectivity index (χ4v) is 0.762. The lowest BCUT2D eigenvalue weighted by molar-refractivity contribution is -0.144. The topological polar surface area (TPSA) is 91.4 Å². The lowest BCUT2D eigenvalue weighted by Crippen LogP contribution is -2.12. The minimum absolute atomic E-state index is 0.119.